The van der Waals surface area contributed by atoms with E-state index in [0.29, 0.717) is 8.73 Å². The van der Waals surface area contributed by atoms with E-state index in [2.05, 4.69) is 67.5 Å². The highest BCUT2D eigenvalue weighted by atomic mass is 31.1. The summed E-state index contributed by atoms with van der Waals surface area (Å²) in [6.07, 6.45) is 8.08. The quantitative estimate of drug-likeness (QED) is 0.552. The number of benzene rings is 1. The second kappa shape index (κ2) is 8.37. The van der Waals surface area contributed by atoms with E-state index in [9.17, 15) is 0 Å². The van der Waals surface area contributed by atoms with Crippen molar-refractivity contribution >= 4 is 22.8 Å². The van der Waals surface area contributed by atoms with Crippen molar-refractivity contribution in [3.8, 4) is 0 Å². The summed E-state index contributed by atoms with van der Waals surface area (Å²) in [7, 11) is 3.59. The Hall–Kier alpha value is -0.740. The van der Waals surface area contributed by atoms with Crippen molar-refractivity contribution < 1.29 is 0 Å². The largest absolute Gasteiger partial charge is 0.260 e. The predicted octanol–water partition coefficient (Wildman–Crippen LogP) is 4.08. The van der Waals surface area contributed by atoms with Gasteiger partial charge in [-0.3, -0.25) is 4.44 Å². The molecule has 0 saturated heterocycles. The molecule has 0 amide bonds. The van der Waals surface area contributed by atoms with Gasteiger partial charge in [0.2, 0.25) is 0 Å². The molecule has 0 fully saturated rings. The van der Waals surface area contributed by atoms with Crippen molar-refractivity contribution in [2.75, 3.05) is 7.05 Å². The topological polar surface area (TPSA) is 3.24 Å². The van der Waals surface area contributed by atoms with E-state index < -0.39 is 0 Å². The van der Waals surface area contributed by atoms with Gasteiger partial charge in [0.05, 0.1) is 0 Å². The summed E-state index contributed by atoms with van der Waals surface area (Å²) in [5.41, 5.74) is 0. The Morgan fingerprint density at radius 3 is 2.59 bits per heavy atom. The molecular weight excluding hydrogens is 244 g/mol. The molecule has 1 aromatic rings. The summed E-state index contributed by atoms with van der Waals surface area (Å²) in [6, 6.07) is 10.6. The van der Waals surface area contributed by atoms with Gasteiger partial charge < -0.3 is 0 Å². The number of hydrogen-bond donors (Lipinski definition) is 0. The van der Waals surface area contributed by atoms with Gasteiger partial charge in [0.15, 0.2) is 0 Å². The van der Waals surface area contributed by atoms with E-state index in [4.69, 9.17) is 0 Å². The van der Waals surface area contributed by atoms with Crippen molar-refractivity contribution in [3.63, 3.8) is 0 Å². The molecule has 0 spiro atoms. The van der Waals surface area contributed by atoms with E-state index >= 15 is 0 Å². The van der Waals surface area contributed by atoms with Gasteiger partial charge >= 0.3 is 0 Å². The van der Waals surface area contributed by atoms with Crippen LogP contribution in [0, 0.1) is 0 Å². The molecule has 2 atom stereocenters. The molecule has 0 heterocycles. The lowest BCUT2D eigenvalue weighted by Crippen LogP contribution is -2.02. The Kier molecular flexibility index (Phi) is 7.05. The van der Waals surface area contributed by atoms with Crippen LogP contribution in [-0.2, 0) is 0 Å². The number of rotatable bonds is 6. The molecule has 0 aliphatic rings. The van der Waals surface area contributed by atoms with Gasteiger partial charge in [-0.2, -0.15) is 0 Å². The lowest BCUT2D eigenvalue weighted by molar-refractivity contribution is 0.929. The Labute approximate surface area is 108 Å². The molecule has 3 heteroatoms. The summed E-state index contributed by atoms with van der Waals surface area (Å²) in [5, 5.41) is 2.72. The minimum absolute atomic E-state index is 0.705. The highest BCUT2D eigenvalue weighted by Crippen LogP contribution is 2.36. The number of nitrogens with zero attached hydrogens (tertiary/aromatic N) is 1. The third-order valence-electron chi connectivity index (χ3n) is 2.09. The van der Waals surface area contributed by atoms with Crippen LogP contribution in [0.4, 0.5) is 0 Å². The molecule has 17 heavy (non-hydrogen) atoms. The van der Waals surface area contributed by atoms with Crippen LogP contribution in [0.3, 0.4) is 0 Å². The molecule has 0 aliphatic carbocycles. The minimum Gasteiger partial charge on any atom is -0.260 e. The molecule has 0 bridgehead atoms. The fourth-order valence-electron chi connectivity index (χ4n) is 1.30. The van der Waals surface area contributed by atoms with Crippen molar-refractivity contribution in [1.82, 2.24) is 4.44 Å². The zero-order chi connectivity index (χ0) is 12.5. The van der Waals surface area contributed by atoms with E-state index in [0.717, 1.165) is 8.73 Å². The highest BCUT2D eigenvalue weighted by molar-refractivity contribution is 7.58. The molecule has 1 nitrogen and oxygen atoms in total. The second-order valence-electron chi connectivity index (χ2n) is 3.49. The highest BCUT2D eigenvalue weighted by Gasteiger charge is 2.01. The van der Waals surface area contributed by atoms with Gasteiger partial charge in [-0.05, 0) is 42.1 Å². The second-order valence-corrected chi connectivity index (χ2v) is 6.88. The lowest BCUT2D eigenvalue weighted by atomic mass is 10.4. The average Bonchev–Trinajstić information content (AvgIpc) is 2.35. The van der Waals surface area contributed by atoms with E-state index in [-0.39, 0.29) is 0 Å². The molecule has 0 aromatic heterocycles. The normalized spacial score (nSPS) is 13.7. The SMILES string of the molecule is C=C/C=C\C(=C/C)PN(C)Pc1ccccc1. The average molecular weight is 263 g/mol. The first-order valence-corrected chi connectivity index (χ1v) is 7.43. The minimum atomic E-state index is 0.705. The monoisotopic (exact) mass is 263 g/mol. The smallest absolute Gasteiger partial charge is 0.00517 e. The van der Waals surface area contributed by atoms with Crippen LogP contribution in [0.15, 0.2) is 66.5 Å². The first-order chi connectivity index (χ1) is 8.26. The van der Waals surface area contributed by atoms with Crippen LogP contribution < -0.4 is 5.30 Å². The lowest BCUT2D eigenvalue weighted by Gasteiger charge is -2.16. The number of allylic oxidation sites excluding steroid dienone is 5. The van der Waals surface area contributed by atoms with Gasteiger partial charge in [-0.1, -0.05) is 61.2 Å². The molecule has 0 radical (unpaired) electrons. The summed E-state index contributed by atoms with van der Waals surface area (Å²) < 4.78 is 2.36. The summed E-state index contributed by atoms with van der Waals surface area (Å²) in [4.78, 5) is 0. The van der Waals surface area contributed by atoms with Crippen molar-refractivity contribution in [3.05, 3.63) is 66.5 Å². The fraction of sp³-hybridized carbons (Fsp3) is 0.143. The summed E-state index contributed by atoms with van der Waals surface area (Å²) >= 11 is 0. The molecular formula is C14H19NP2. The van der Waals surface area contributed by atoms with Crippen LogP contribution in [0.1, 0.15) is 6.92 Å². The Bertz CT molecular complexity index is 396. The predicted molar refractivity (Wildman–Crippen MR) is 83.6 cm³/mol. The summed E-state index contributed by atoms with van der Waals surface area (Å²) in [6.45, 7) is 5.77. The van der Waals surface area contributed by atoms with Gasteiger partial charge in [0.1, 0.15) is 0 Å². The molecule has 2 unspecified atom stereocenters. The van der Waals surface area contributed by atoms with Gasteiger partial charge in [-0.15, -0.1) is 0 Å². The molecule has 1 aromatic carbocycles. The number of hydrogen-bond acceptors (Lipinski definition) is 1. The van der Waals surface area contributed by atoms with Crippen LogP contribution in [-0.4, -0.2) is 11.5 Å². The Balaban J connectivity index is 2.51. The maximum atomic E-state index is 3.69. The summed E-state index contributed by atoms with van der Waals surface area (Å²) in [5.74, 6) is 0. The molecule has 90 valence electrons. The molecule has 1 rings (SSSR count). The maximum Gasteiger partial charge on any atom is -0.00517 e. The first kappa shape index (κ1) is 14.3. The third kappa shape index (κ3) is 5.94. The van der Waals surface area contributed by atoms with Gasteiger partial charge in [0.25, 0.3) is 0 Å². The Morgan fingerprint density at radius 1 is 1.29 bits per heavy atom. The zero-order valence-electron chi connectivity index (χ0n) is 10.4. The van der Waals surface area contributed by atoms with Crippen LogP contribution in [0.2, 0.25) is 0 Å². The standard InChI is InChI=1S/C14H19NP2/c1-4-6-10-13(5-2)16-15(3)17-14-11-8-7-9-12-14/h4-12,16-17H,1H2,2-3H3/b10-6-,13-5+. The molecule has 0 saturated carbocycles. The third-order valence-corrected chi connectivity index (χ3v) is 4.74. The first-order valence-electron chi connectivity index (χ1n) is 5.53. The zero-order valence-corrected chi connectivity index (χ0v) is 12.4. The van der Waals surface area contributed by atoms with Crippen LogP contribution in [0.5, 0.6) is 0 Å². The maximum absolute atomic E-state index is 3.69. The van der Waals surface area contributed by atoms with Crippen LogP contribution >= 0.6 is 17.5 Å². The van der Waals surface area contributed by atoms with E-state index in [1.165, 1.54) is 10.6 Å². The van der Waals surface area contributed by atoms with Crippen molar-refractivity contribution in [2.45, 2.75) is 6.92 Å². The van der Waals surface area contributed by atoms with Crippen LogP contribution in [0.25, 0.3) is 0 Å². The Morgan fingerprint density at radius 2 is 2.00 bits per heavy atom. The van der Waals surface area contributed by atoms with E-state index in [1.807, 2.05) is 12.2 Å². The van der Waals surface area contributed by atoms with Gasteiger partial charge in [0, 0.05) is 0 Å². The fourth-order valence-corrected chi connectivity index (χ4v) is 3.71. The van der Waals surface area contributed by atoms with E-state index in [1.54, 1.807) is 0 Å². The molecule has 0 aliphatic heterocycles. The van der Waals surface area contributed by atoms with Crippen molar-refractivity contribution in [2.24, 2.45) is 0 Å². The molecule has 0 N–H and O–H groups in total. The van der Waals surface area contributed by atoms with Crippen molar-refractivity contribution in [1.29, 1.82) is 0 Å². The van der Waals surface area contributed by atoms with Gasteiger partial charge in [-0.25, -0.2) is 0 Å².